The van der Waals surface area contributed by atoms with Crippen LogP contribution in [0, 0.1) is 13.8 Å². The molecule has 1 aromatic heterocycles. The zero-order valence-electron chi connectivity index (χ0n) is 13.1. The van der Waals surface area contributed by atoms with Gasteiger partial charge in [0.15, 0.2) is 9.84 Å². The van der Waals surface area contributed by atoms with Crippen molar-refractivity contribution in [1.82, 2.24) is 4.72 Å². The Morgan fingerprint density at radius 1 is 1.09 bits per heavy atom. The molecule has 23 heavy (non-hydrogen) atoms. The largest absolute Gasteiger partial charge is 0.468 e. The topological polar surface area (TPSA) is 93.5 Å². The molecule has 2 aromatic rings. The molecule has 0 fully saturated rings. The maximum Gasteiger partial charge on any atom is 0.208 e. The third-order valence-electron chi connectivity index (χ3n) is 3.57. The van der Waals surface area contributed by atoms with Crippen molar-refractivity contribution in [2.45, 2.75) is 24.0 Å². The lowest BCUT2D eigenvalue weighted by Gasteiger charge is -2.16. The van der Waals surface area contributed by atoms with Crippen LogP contribution in [-0.4, -0.2) is 29.6 Å². The monoisotopic (exact) mass is 357 g/mol. The number of benzene rings is 1. The number of hydrogen-bond donors (Lipinski definition) is 1. The van der Waals surface area contributed by atoms with Crippen molar-refractivity contribution in [1.29, 1.82) is 0 Å². The normalized spacial score (nSPS) is 13.9. The van der Waals surface area contributed by atoms with Crippen molar-refractivity contribution in [2.24, 2.45) is 0 Å². The highest BCUT2D eigenvalue weighted by molar-refractivity contribution is 7.92. The molecule has 0 bridgehead atoms. The maximum atomic E-state index is 12.9. The van der Waals surface area contributed by atoms with Crippen molar-refractivity contribution >= 4 is 19.9 Å². The number of nitrogens with one attached hydrogen (secondary N) is 1. The summed E-state index contributed by atoms with van der Waals surface area (Å²) < 4.78 is 55.9. The van der Waals surface area contributed by atoms with E-state index in [9.17, 15) is 16.8 Å². The Hall–Kier alpha value is -1.64. The molecular formula is C15H19NO5S2. The van der Waals surface area contributed by atoms with Crippen LogP contribution in [0.5, 0.6) is 0 Å². The predicted octanol–water partition coefficient (Wildman–Crippen LogP) is 1.96. The first-order valence-electron chi connectivity index (χ1n) is 6.90. The van der Waals surface area contributed by atoms with Crippen molar-refractivity contribution in [3.63, 3.8) is 0 Å². The Labute approximate surface area is 136 Å². The minimum absolute atomic E-state index is 0.136. The maximum absolute atomic E-state index is 12.9. The molecule has 8 heteroatoms. The Morgan fingerprint density at radius 2 is 1.78 bits per heavy atom. The van der Waals surface area contributed by atoms with Gasteiger partial charge in [-0.1, -0.05) is 6.07 Å². The summed E-state index contributed by atoms with van der Waals surface area (Å²) in [6.45, 7) is 3.42. The van der Waals surface area contributed by atoms with E-state index in [-0.39, 0.29) is 17.2 Å². The van der Waals surface area contributed by atoms with Gasteiger partial charge in [0.25, 0.3) is 0 Å². The van der Waals surface area contributed by atoms with Gasteiger partial charge in [-0.05, 0) is 49.2 Å². The molecule has 1 atom stereocenters. The quantitative estimate of drug-likeness (QED) is 0.853. The van der Waals surface area contributed by atoms with Crippen LogP contribution in [0.15, 0.2) is 45.9 Å². The van der Waals surface area contributed by atoms with Crippen LogP contribution in [0.4, 0.5) is 0 Å². The fourth-order valence-corrected chi connectivity index (χ4v) is 4.36. The van der Waals surface area contributed by atoms with E-state index < -0.39 is 25.1 Å². The van der Waals surface area contributed by atoms with Gasteiger partial charge < -0.3 is 4.42 Å². The molecule has 0 aliphatic rings. The molecule has 0 amide bonds. The van der Waals surface area contributed by atoms with Crippen molar-refractivity contribution < 1.29 is 21.3 Å². The third-order valence-corrected chi connectivity index (χ3v) is 6.32. The minimum Gasteiger partial charge on any atom is -0.468 e. The number of furan rings is 1. The van der Waals surface area contributed by atoms with Gasteiger partial charge in [-0.15, -0.1) is 0 Å². The lowest BCUT2D eigenvalue weighted by Crippen LogP contribution is -2.31. The molecule has 0 spiro atoms. The second kappa shape index (κ2) is 6.46. The van der Waals surface area contributed by atoms with E-state index in [0.29, 0.717) is 0 Å². The van der Waals surface area contributed by atoms with E-state index in [1.165, 1.54) is 18.4 Å². The van der Waals surface area contributed by atoms with Crippen molar-refractivity contribution in [3.8, 4) is 0 Å². The smallest absolute Gasteiger partial charge is 0.208 e. The molecule has 0 aliphatic carbocycles. The van der Waals surface area contributed by atoms with Gasteiger partial charge in [0.05, 0.1) is 17.4 Å². The SMILES string of the molecule is Cc1ccc(S(=O)(=O)[C@H](CNS(C)(=O)=O)c2ccco2)cc1C. The van der Waals surface area contributed by atoms with E-state index in [0.717, 1.165) is 17.4 Å². The molecule has 1 heterocycles. The highest BCUT2D eigenvalue weighted by Gasteiger charge is 2.32. The average Bonchev–Trinajstić information content (AvgIpc) is 2.94. The fraction of sp³-hybridized carbons (Fsp3) is 0.333. The Morgan fingerprint density at radius 3 is 2.30 bits per heavy atom. The molecule has 1 N–H and O–H groups in total. The summed E-state index contributed by atoms with van der Waals surface area (Å²) in [7, 11) is -7.33. The van der Waals surface area contributed by atoms with Crippen LogP contribution in [0.25, 0.3) is 0 Å². The van der Waals surface area contributed by atoms with Gasteiger partial charge in [-0.2, -0.15) is 0 Å². The zero-order valence-corrected chi connectivity index (χ0v) is 14.7. The van der Waals surface area contributed by atoms with E-state index >= 15 is 0 Å². The summed E-state index contributed by atoms with van der Waals surface area (Å²) in [5.74, 6) is 0.194. The molecular weight excluding hydrogens is 338 g/mol. The van der Waals surface area contributed by atoms with Gasteiger partial charge in [0.1, 0.15) is 11.0 Å². The Balaban J connectivity index is 2.46. The summed E-state index contributed by atoms with van der Waals surface area (Å²) >= 11 is 0. The number of rotatable bonds is 6. The summed E-state index contributed by atoms with van der Waals surface area (Å²) in [5, 5.41) is -1.13. The van der Waals surface area contributed by atoms with E-state index in [2.05, 4.69) is 4.72 Å². The minimum atomic E-state index is -3.81. The van der Waals surface area contributed by atoms with Crippen LogP contribution < -0.4 is 4.72 Å². The molecule has 0 saturated carbocycles. The Kier molecular flexibility index (Phi) is 4.98. The van der Waals surface area contributed by atoms with Crippen molar-refractivity contribution in [2.75, 3.05) is 12.8 Å². The summed E-state index contributed by atoms with van der Waals surface area (Å²) in [6.07, 6.45) is 2.34. The zero-order chi connectivity index (χ0) is 17.3. The van der Waals surface area contributed by atoms with E-state index in [1.807, 2.05) is 13.8 Å². The summed E-state index contributed by atoms with van der Waals surface area (Å²) in [5.41, 5.74) is 1.83. The Bertz CT molecular complexity index is 884. The molecule has 126 valence electrons. The standard InChI is InChI=1S/C15H19NO5S2/c1-11-6-7-13(9-12(11)2)23(19,20)15(10-16-22(3,17)18)14-5-4-8-21-14/h4-9,15-16H,10H2,1-3H3/t15-/m1/s1. The second-order valence-electron chi connectivity index (χ2n) is 5.42. The second-order valence-corrected chi connectivity index (χ2v) is 9.38. The van der Waals surface area contributed by atoms with Crippen LogP contribution in [0.3, 0.4) is 0 Å². The first-order chi connectivity index (χ1) is 10.6. The lowest BCUT2D eigenvalue weighted by atomic mass is 10.1. The first kappa shape index (κ1) is 17.7. The molecule has 0 aliphatic heterocycles. The van der Waals surface area contributed by atoms with Crippen molar-refractivity contribution in [3.05, 3.63) is 53.5 Å². The molecule has 0 radical (unpaired) electrons. The first-order valence-corrected chi connectivity index (χ1v) is 10.3. The van der Waals surface area contributed by atoms with Gasteiger partial charge in [0, 0.05) is 6.54 Å². The third kappa shape index (κ3) is 4.21. The number of sulfonamides is 1. The number of hydrogen-bond acceptors (Lipinski definition) is 5. The predicted molar refractivity (Wildman–Crippen MR) is 87.4 cm³/mol. The molecule has 1 aromatic carbocycles. The molecule has 6 nitrogen and oxygen atoms in total. The van der Waals surface area contributed by atoms with Crippen LogP contribution >= 0.6 is 0 Å². The highest BCUT2D eigenvalue weighted by Crippen LogP contribution is 2.30. The van der Waals surface area contributed by atoms with Gasteiger partial charge in [-0.25, -0.2) is 21.6 Å². The average molecular weight is 357 g/mol. The molecule has 0 saturated heterocycles. The number of aryl methyl sites for hydroxylation is 2. The highest BCUT2D eigenvalue weighted by atomic mass is 32.2. The van der Waals surface area contributed by atoms with Gasteiger partial charge in [-0.3, -0.25) is 0 Å². The van der Waals surface area contributed by atoms with Crippen LogP contribution in [0.1, 0.15) is 22.1 Å². The van der Waals surface area contributed by atoms with Gasteiger partial charge in [0.2, 0.25) is 10.0 Å². The van der Waals surface area contributed by atoms with Crippen LogP contribution in [0.2, 0.25) is 0 Å². The van der Waals surface area contributed by atoms with E-state index in [4.69, 9.17) is 4.42 Å². The number of sulfone groups is 1. The fourth-order valence-electron chi connectivity index (χ4n) is 2.12. The molecule has 2 rings (SSSR count). The lowest BCUT2D eigenvalue weighted by molar-refractivity contribution is 0.487. The van der Waals surface area contributed by atoms with Gasteiger partial charge >= 0.3 is 0 Å². The van der Waals surface area contributed by atoms with E-state index in [1.54, 1.807) is 18.2 Å². The van der Waals surface area contributed by atoms with Crippen LogP contribution in [-0.2, 0) is 19.9 Å². The molecule has 0 unspecified atom stereocenters. The summed E-state index contributed by atoms with van der Waals surface area (Å²) in [4.78, 5) is 0.136. The summed E-state index contributed by atoms with van der Waals surface area (Å²) in [6, 6.07) is 7.92.